The van der Waals surface area contributed by atoms with Crippen molar-refractivity contribution in [3.05, 3.63) is 18.2 Å². The number of aryl methyl sites for hydroxylation is 1. The van der Waals surface area contributed by atoms with E-state index in [1.807, 2.05) is 12.4 Å². The van der Waals surface area contributed by atoms with E-state index in [9.17, 15) is 0 Å². The number of nitrogens with zero attached hydrogens (tertiary/aromatic N) is 3. The smallest absolute Gasteiger partial charge is 0.109 e. The summed E-state index contributed by atoms with van der Waals surface area (Å²) < 4.78 is 2.10. The summed E-state index contributed by atoms with van der Waals surface area (Å²) in [6.07, 6.45) is 6.19. The van der Waals surface area contributed by atoms with Gasteiger partial charge in [-0.2, -0.15) is 0 Å². The zero-order chi connectivity index (χ0) is 10.7. The molecule has 1 aromatic heterocycles. The largest absolute Gasteiger partial charge is 0.338 e. The molecule has 1 N–H and O–H groups in total. The van der Waals surface area contributed by atoms with Crippen molar-refractivity contribution in [3.63, 3.8) is 0 Å². The van der Waals surface area contributed by atoms with Crippen LogP contribution in [0.2, 0.25) is 0 Å². The molecule has 84 valence electrons. The van der Waals surface area contributed by atoms with Gasteiger partial charge in [0.2, 0.25) is 0 Å². The summed E-state index contributed by atoms with van der Waals surface area (Å²) in [5, 5.41) is 3.40. The maximum atomic E-state index is 4.34. The minimum atomic E-state index is 0.713. The minimum Gasteiger partial charge on any atom is -0.338 e. The summed E-state index contributed by atoms with van der Waals surface area (Å²) >= 11 is 0. The molecular formula is C11H20N4. The first-order valence-corrected chi connectivity index (χ1v) is 5.64. The molecule has 0 radical (unpaired) electrons. The molecule has 0 amide bonds. The monoisotopic (exact) mass is 208 g/mol. The SMILES string of the molecule is CN(CCc1nccn1C)C1CCNC1. The Balaban J connectivity index is 1.80. The van der Waals surface area contributed by atoms with E-state index < -0.39 is 0 Å². The molecule has 0 aliphatic carbocycles. The van der Waals surface area contributed by atoms with Crippen molar-refractivity contribution in [2.45, 2.75) is 18.9 Å². The predicted octanol–water partition coefficient (Wildman–Crippen LogP) is 0.256. The lowest BCUT2D eigenvalue weighted by Crippen LogP contribution is -2.35. The molecule has 1 atom stereocenters. The average molecular weight is 208 g/mol. The van der Waals surface area contributed by atoms with Crippen molar-refractivity contribution < 1.29 is 0 Å². The Morgan fingerprint density at radius 1 is 1.67 bits per heavy atom. The number of imidazole rings is 1. The number of hydrogen-bond acceptors (Lipinski definition) is 3. The number of rotatable bonds is 4. The van der Waals surface area contributed by atoms with Crippen molar-refractivity contribution in [2.24, 2.45) is 7.05 Å². The van der Waals surface area contributed by atoms with Crippen molar-refractivity contribution in [1.29, 1.82) is 0 Å². The Hall–Kier alpha value is -0.870. The predicted molar refractivity (Wildman–Crippen MR) is 60.8 cm³/mol. The van der Waals surface area contributed by atoms with E-state index in [1.165, 1.54) is 12.2 Å². The highest BCUT2D eigenvalue weighted by Gasteiger charge is 2.18. The molecule has 0 spiro atoms. The molecule has 0 bridgehead atoms. The van der Waals surface area contributed by atoms with Gasteiger partial charge in [0.15, 0.2) is 0 Å². The first kappa shape index (κ1) is 10.6. The molecule has 15 heavy (non-hydrogen) atoms. The Morgan fingerprint density at radius 2 is 2.53 bits per heavy atom. The first-order valence-electron chi connectivity index (χ1n) is 5.64. The van der Waals surface area contributed by atoms with Crippen LogP contribution in [-0.4, -0.2) is 47.2 Å². The molecule has 0 saturated carbocycles. The van der Waals surface area contributed by atoms with Gasteiger partial charge in [-0.1, -0.05) is 0 Å². The van der Waals surface area contributed by atoms with E-state index in [0.717, 1.165) is 26.1 Å². The molecule has 2 rings (SSSR count). The van der Waals surface area contributed by atoms with E-state index in [0.29, 0.717) is 6.04 Å². The standard InChI is InChI=1S/C11H20N4/c1-14(10-3-5-12-9-10)7-4-11-13-6-8-15(11)2/h6,8,10,12H,3-5,7,9H2,1-2H3. The fourth-order valence-corrected chi connectivity index (χ4v) is 2.11. The fourth-order valence-electron chi connectivity index (χ4n) is 2.11. The maximum absolute atomic E-state index is 4.34. The molecule has 1 aliphatic rings. The lowest BCUT2D eigenvalue weighted by atomic mass is 10.2. The van der Waals surface area contributed by atoms with Gasteiger partial charge < -0.3 is 14.8 Å². The maximum Gasteiger partial charge on any atom is 0.109 e. The molecule has 1 aliphatic heterocycles. The number of likely N-dealkylation sites (N-methyl/N-ethyl adjacent to an activating group) is 1. The highest BCUT2D eigenvalue weighted by Crippen LogP contribution is 2.07. The number of aromatic nitrogens is 2. The third-order valence-electron chi connectivity index (χ3n) is 3.27. The molecule has 4 nitrogen and oxygen atoms in total. The Bertz CT molecular complexity index is 301. The molecule has 1 saturated heterocycles. The molecule has 2 heterocycles. The van der Waals surface area contributed by atoms with Gasteiger partial charge in [0, 0.05) is 45.0 Å². The third-order valence-corrected chi connectivity index (χ3v) is 3.27. The highest BCUT2D eigenvalue weighted by atomic mass is 15.2. The van der Waals surface area contributed by atoms with Crippen LogP contribution in [0.3, 0.4) is 0 Å². The second-order valence-electron chi connectivity index (χ2n) is 4.33. The van der Waals surface area contributed by atoms with E-state index in [1.54, 1.807) is 0 Å². The Kier molecular flexibility index (Phi) is 3.38. The summed E-state index contributed by atoms with van der Waals surface area (Å²) in [5.74, 6) is 1.17. The Labute approximate surface area is 91.3 Å². The summed E-state index contributed by atoms with van der Waals surface area (Å²) in [6, 6.07) is 0.713. The van der Waals surface area contributed by atoms with Crippen molar-refractivity contribution >= 4 is 0 Å². The summed E-state index contributed by atoms with van der Waals surface area (Å²) in [4.78, 5) is 6.77. The second-order valence-corrected chi connectivity index (χ2v) is 4.33. The normalized spacial score (nSPS) is 21.4. The summed E-state index contributed by atoms with van der Waals surface area (Å²) in [7, 11) is 4.26. The Morgan fingerprint density at radius 3 is 3.13 bits per heavy atom. The number of nitrogens with one attached hydrogen (secondary N) is 1. The first-order chi connectivity index (χ1) is 7.27. The zero-order valence-corrected chi connectivity index (χ0v) is 9.61. The highest BCUT2D eigenvalue weighted by molar-refractivity contribution is 4.92. The third kappa shape index (κ3) is 2.58. The van der Waals surface area contributed by atoms with Crippen molar-refractivity contribution in [1.82, 2.24) is 19.8 Å². The second kappa shape index (κ2) is 4.77. The molecule has 0 aromatic carbocycles. The van der Waals surface area contributed by atoms with Crippen LogP contribution in [0.4, 0.5) is 0 Å². The van der Waals surface area contributed by atoms with Gasteiger partial charge in [-0.15, -0.1) is 0 Å². The van der Waals surface area contributed by atoms with Crippen molar-refractivity contribution in [3.8, 4) is 0 Å². The van der Waals surface area contributed by atoms with Crippen LogP contribution in [0.25, 0.3) is 0 Å². The van der Waals surface area contributed by atoms with Gasteiger partial charge in [0.25, 0.3) is 0 Å². The van der Waals surface area contributed by atoms with Gasteiger partial charge >= 0.3 is 0 Å². The summed E-state index contributed by atoms with van der Waals surface area (Å²) in [6.45, 7) is 3.39. The van der Waals surface area contributed by atoms with Gasteiger partial charge in [-0.25, -0.2) is 4.98 Å². The van der Waals surface area contributed by atoms with Gasteiger partial charge in [0.05, 0.1) is 0 Å². The molecule has 4 heteroatoms. The van der Waals surface area contributed by atoms with Gasteiger partial charge in [-0.05, 0) is 20.0 Å². The van der Waals surface area contributed by atoms with Gasteiger partial charge in [0.1, 0.15) is 5.82 Å². The van der Waals surface area contributed by atoms with Crippen LogP contribution in [0.5, 0.6) is 0 Å². The molecule has 1 aromatic rings. The van der Waals surface area contributed by atoms with E-state index >= 15 is 0 Å². The van der Waals surface area contributed by atoms with E-state index in [4.69, 9.17) is 0 Å². The summed E-state index contributed by atoms with van der Waals surface area (Å²) in [5.41, 5.74) is 0. The lowest BCUT2D eigenvalue weighted by Gasteiger charge is -2.23. The van der Waals surface area contributed by atoms with Gasteiger partial charge in [-0.3, -0.25) is 0 Å². The van der Waals surface area contributed by atoms with Crippen LogP contribution in [0.15, 0.2) is 12.4 Å². The number of hydrogen-bond donors (Lipinski definition) is 1. The molecule has 1 fully saturated rings. The van der Waals surface area contributed by atoms with Crippen LogP contribution in [-0.2, 0) is 13.5 Å². The molecule has 1 unspecified atom stereocenters. The topological polar surface area (TPSA) is 33.1 Å². The van der Waals surface area contributed by atoms with Crippen LogP contribution in [0.1, 0.15) is 12.2 Å². The van der Waals surface area contributed by atoms with Crippen LogP contribution >= 0.6 is 0 Å². The lowest BCUT2D eigenvalue weighted by molar-refractivity contribution is 0.258. The quantitative estimate of drug-likeness (QED) is 0.770. The van der Waals surface area contributed by atoms with Crippen LogP contribution in [0, 0.1) is 0 Å². The van der Waals surface area contributed by atoms with E-state index in [-0.39, 0.29) is 0 Å². The molecular weight excluding hydrogens is 188 g/mol. The van der Waals surface area contributed by atoms with Crippen LogP contribution < -0.4 is 5.32 Å². The van der Waals surface area contributed by atoms with Crippen molar-refractivity contribution in [2.75, 3.05) is 26.7 Å². The van der Waals surface area contributed by atoms with E-state index in [2.05, 4.69) is 33.9 Å². The zero-order valence-electron chi connectivity index (χ0n) is 9.61. The minimum absolute atomic E-state index is 0.713. The average Bonchev–Trinajstić information content (AvgIpc) is 2.85. The fraction of sp³-hybridized carbons (Fsp3) is 0.727.